The van der Waals surface area contributed by atoms with Gasteiger partial charge in [-0.15, -0.1) is 0 Å². The predicted octanol–water partition coefficient (Wildman–Crippen LogP) is 3.98. The van der Waals surface area contributed by atoms with Crippen LogP contribution in [0.5, 0.6) is 0 Å². The summed E-state index contributed by atoms with van der Waals surface area (Å²) >= 11 is 0. The molecule has 1 aromatic heterocycles. The molecule has 0 spiro atoms. The average Bonchev–Trinajstić information content (AvgIpc) is 2.96. The van der Waals surface area contributed by atoms with E-state index in [2.05, 4.69) is 22.0 Å². The van der Waals surface area contributed by atoms with Gasteiger partial charge in [-0.05, 0) is 45.5 Å². The second kappa shape index (κ2) is 6.80. The second-order valence-electron chi connectivity index (χ2n) is 5.43. The molecule has 21 heavy (non-hydrogen) atoms. The van der Waals surface area contributed by atoms with Crippen molar-refractivity contribution in [2.75, 3.05) is 13.6 Å². The summed E-state index contributed by atoms with van der Waals surface area (Å²) < 4.78 is 18.9. The molecule has 0 radical (unpaired) electrons. The molecule has 0 aliphatic carbocycles. The van der Waals surface area contributed by atoms with Crippen LogP contribution < -0.4 is 0 Å². The van der Waals surface area contributed by atoms with Crippen molar-refractivity contribution in [3.8, 4) is 11.4 Å². The van der Waals surface area contributed by atoms with E-state index in [0.29, 0.717) is 22.8 Å². The fourth-order valence-corrected chi connectivity index (χ4v) is 2.04. The maximum absolute atomic E-state index is 13.6. The zero-order valence-electron chi connectivity index (χ0n) is 13.1. The van der Waals surface area contributed by atoms with Crippen LogP contribution in [0.4, 0.5) is 4.39 Å². The van der Waals surface area contributed by atoms with Crippen LogP contribution in [-0.2, 0) is 0 Å². The van der Waals surface area contributed by atoms with E-state index in [0.717, 1.165) is 19.4 Å². The van der Waals surface area contributed by atoms with E-state index >= 15 is 0 Å². The van der Waals surface area contributed by atoms with Gasteiger partial charge in [-0.2, -0.15) is 4.98 Å². The molecule has 0 amide bonds. The van der Waals surface area contributed by atoms with Gasteiger partial charge in [-0.3, -0.25) is 4.90 Å². The monoisotopic (exact) mass is 291 g/mol. The van der Waals surface area contributed by atoms with Gasteiger partial charge < -0.3 is 4.52 Å². The molecule has 2 aromatic rings. The van der Waals surface area contributed by atoms with Crippen molar-refractivity contribution in [3.63, 3.8) is 0 Å². The van der Waals surface area contributed by atoms with Crippen LogP contribution in [0.2, 0.25) is 0 Å². The Kier molecular flexibility index (Phi) is 5.07. The molecule has 1 atom stereocenters. The third kappa shape index (κ3) is 3.67. The van der Waals surface area contributed by atoms with Gasteiger partial charge in [0.1, 0.15) is 5.82 Å². The highest BCUT2D eigenvalue weighted by molar-refractivity contribution is 5.54. The fraction of sp³-hybridized carbons (Fsp3) is 0.500. The van der Waals surface area contributed by atoms with Gasteiger partial charge >= 0.3 is 0 Å². The molecule has 1 heterocycles. The number of nitrogens with zero attached hydrogens (tertiary/aromatic N) is 3. The molecule has 5 heteroatoms. The number of hydrogen-bond donors (Lipinski definition) is 0. The van der Waals surface area contributed by atoms with Crippen LogP contribution in [0.15, 0.2) is 22.7 Å². The molecule has 2 rings (SSSR count). The Morgan fingerprint density at radius 2 is 2.14 bits per heavy atom. The maximum Gasteiger partial charge on any atom is 0.244 e. The summed E-state index contributed by atoms with van der Waals surface area (Å²) in [6.45, 7) is 6.90. The van der Waals surface area contributed by atoms with Crippen LogP contribution >= 0.6 is 0 Å². The molecule has 0 saturated carbocycles. The molecule has 0 aliphatic rings. The van der Waals surface area contributed by atoms with E-state index in [-0.39, 0.29) is 11.9 Å². The Hall–Kier alpha value is -1.75. The minimum atomic E-state index is -0.257. The largest absolute Gasteiger partial charge is 0.337 e. The van der Waals surface area contributed by atoms with Crippen molar-refractivity contribution < 1.29 is 8.91 Å². The van der Waals surface area contributed by atoms with Crippen LogP contribution in [0.1, 0.15) is 44.2 Å². The van der Waals surface area contributed by atoms with Crippen LogP contribution in [0, 0.1) is 12.7 Å². The van der Waals surface area contributed by atoms with Crippen molar-refractivity contribution in [1.29, 1.82) is 0 Å². The van der Waals surface area contributed by atoms with Gasteiger partial charge in [0.05, 0.1) is 6.04 Å². The average molecular weight is 291 g/mol. The lowest BCUT2D eigenvalue weighted by Gasteiger charge is -2.20. The highest BCUT2D eigenvalue weighted by atomic mass is 19.1. The number of hydrogen-bond acceptors (Lipinski definition) is 4. The molecule has 0 N–H and O–H groups in total. The lowest BCUT2D eigenvalue weighted by molar-refractivity contribution is 0.207. The molecule has 0 bridgehead atoms. The lowest BCUT2D eigenvalue weighted by Crippen LogP contribution is -2.23. The first kappa shape index (κ1) is 15.6. The van der Waals surface area contributed by atoms with E-state index in [1.165, 1.54) is 6.07 Å². The van der Waals surface area contributed by atoms with Crippen molar-refractivity contribution in [2.45, 2.75) is 39.7 Å². The highest BCUT2D eigenvalue weighted by Crippen LogP contribution is 2.23. The smallest absolute Gasteiger partial charge is 0.244 e. The maximum atomic E-state index is 13.6. The van der Waals surface area contributed by atoms with Gasteiger partial charge in [0.25, 0.3) is 0 Å². The molecule has 0 fully saturated rings. The first-order chi connectivity index (χ1) is 10.0. The molecular formula is C16H22FN3O. The third-order valence-electron chi connectivity index (χ3n) is 3.75. The minimum absolute atomic E-state index is 0.0492. The van der Waals surface area contributed by atoms with Crippen molar-refractivity contribution in [2.24, 2.45) is 0 Å². The minimum Gasteiger partial charge on any atom is -0.337 e. The first-order valence-corrected chi connectivity index (χ1v) is 7.33. The number of rotatable bonds is 6. The molecule has 0 saturated heterocycles. The zero-order valence-corrected chi connectivity index (χ0v) is 13.1. The summed E-state index contributed by atoms with van der Waals surface area (Å²) in [6, 6.07) is 5.01. The number of halogens is 1. The predicted molar refractivity (Wildman–Crippen MR) is 80.4 cm³/mol. The molecule has 114 valence electrons. The Labute approximate surface area is 125 Å². The number of aromatic nitrogens is 2. The summed E-state index contributed by atoms with van der Waals surface area (Å²) in [7, 11) is 2.04. The summed E-state index contributed by atoms with van der Waals surface area (Å²) in [6.07, 6.45) is 2.28. The molecular weight excluding hydrogens is 269 g/mol. The van der Waals surface area contributed by atoms with E-state index in [4.69, 9.17) is 4.52 Å². The topological polar surface area (TPSA) is 42.2 Å². The van der Waals surface area contributed by atoms with E-state index < -0.39 is 0 Å². The Balaban J connectivity index is 2.15. The molecule has 1 unspecified atom stereocenters. The van der Waals surface area contributed by atoms with Crippen molar-refractivity contribution >= 4 is 0 Å². The molecule has 0 aliphatic heterocycles. The van der Waals surface area contributed by atoms with Gasteiger partial charge in [-0.25, -0.2) is 4.39 Å². The van der Waals surface area contributed by atoms with E-state index in [1.807, 2.05) is 14.0 Å². The number of aryl methyl sites for hydroxylation is 1. The van der Waals surface area contributed by atoms with Crippen LogP contribution in [0.3, 0.4) is 0 Å². The lowest BCUT2D eigenvalue weighted by atomic mass is 10.1. The summed E-state index contributed by atoms with van der Waals surface area (Å²) in [5.41, 5.74) is 1.24. The fourth-order valence-electron chi connectivity index (χ4n) is 2.04. The van der Waals surface area contributed by atoms with Crippen molar-refractivity contribution in [3.05, 3.63) is 35.5 Å². The SMILES string of the molecule is CCCCN(C)C(C)c1nc(-c2ccc(C)c(F)c2)no1. The van der Waals surface area contributed by atoms with Gasteiger partial charge in [0.2, 0.25) is 11.7 Å². The number of unbranched alkanes of at least 4 members (excludes halogenated alkanes) is 1. The standard InChI is InChI=1S/C16H22FN3O/c1-5-6-9-20(4)12(3)16-18-15(19-21-16)13-8-7-11(2)14(17)10-13/h7-8,10,12H,5-6,9H2,1-4H3. The van der Waals surface area contributed by atoms with Crippen molar-refractivity contribution in [1.82, 2.24) is 15.0 Å². The Morgan fingerprint density at radius 1 is 1.38 bits per heavy atom. The summed E-state index contributed by atoms with van der Waals surface area (Å²) in [5.74, 6) is 0.733. The molecule has 4 nitrogen and oxygen atoms in total. The zero-order chi connectivity index (χ0) is 15.4. The van der Waals surface area contributed by atoms with Gasteiger partial charge in [-0.1, -0.05) is 30.6 Å². The van der Waals surface area contributed by atoms with E-state index in [9.17, 15) is 4.39 Å². The van der Waals surface area contributed by atoms with Crippen LogP contribution in [-0.4, -0.2) is 28.6 Å². The van der Waals surface area contributed by atoms with Gasteiger partial charge in [0, 0.05) is 5.56 Å². The Bertz CT molecular complexity index is 597. The van der Waals surface area contributed by atoms with Gasteiger partial charge in [0.15, 0.2) is 0 Å². The third-order valence-corrected chi connectivity index (χ3v) is 3.75. The second-order valence-corrected chi connectivity index (χ2v) is 5.43. The summed E-state index contributed by atoms with van der Waals surface area (Å²) in [5, 5.41) is 3.96. The normalized spacial score (nSPS) is 12.9. The van der Waals surface area contributed by atoms with E-state index in [1.54, 1.807) is 19.1 Å². The highest BCUT2D eigenvalue weighted by Gasteiger charge is 2.19. The Morgan fingerprint density at radius 3 is 2.81 bits per heavy atom. The quantitative estimate of drug-likeness (QED) is 0.807. The first-order valence-electron chi connectivity index (χ1n) is 7.33. The summed E-state index contributed by atoms with van der Waals surface area (Å²) in [4.78, 5) is 6.57. The number of benzene rings is 1. The van der Waals surface area contributed by atoms with Crippen LogP contribution in [0.25, 0.3) is 11.4 Å². The molecule has 1 aromatic carbocycles.